The average molecular weight is 791 g/mol. The van der Waals surface area contributed by atoms with E-state index in [2.05, 4.69) is 200 Å². The molecule has 13 rings (SSSR count). The molecule has 0 aliphatic carbocycles. The van der Waals surface area contributed by atoms with Gasteiger partial charge in [0.1, 0.15) is 0 Å². The molecule has 0 bridgehead atoms. The monoisotopic (exact) mass is 790 g/mol. The highest BCUT2D eigenvalue weighted by Gasteiger charge is 2.18. The summed E-state index contributed by atoms with van der Waals surface area (Å²) < 4.78 is 1.29. The van der Waals surface area contributed by atoms with Gasteiger partial charge in [0, 0.05) is 26.3 Å². The van der Waals surface area contributed by atoms with Gasteiger partial charge in [-0.3, -0.25) is 0 Å². The molecule has 61 heavy (non-hydrogen) atoms. The molecule has 2 nitrogen and oxygen atoms in total. The number of hydrogen-bond donors (Lipinski definition) is 0. The summed E-state index contributed by atoms with van der Waals surface area (Å²) in [5, 5.41) is 16.6. The van der Waals surface area contributed by atoms with E-state index in [-0.39, 0.29) is 0 Å². The maximum atomic E-state index is 5.25. The molecule has 3 heteroatoms. The topological polar surface area (TPSA) is 25.8 Å². The van der Waals surface area contributed by atoms with Gasteiger partial charge >= 0.3 is 0 Å². The van der Waals surface area contributed by atoms with Gasteiger partial charge in [0.2, 0.25) is 0 Å². The van der Waals surface area contributed by atoms with E-state index < -0.39 is 0 Å². The summed E-state index contributed by atoms with van der Waals surface area (Å²) in [6.45, 7) is 0. The van der Waals surface area contributed by atoms with Crippen LogP contribution in [0.15, 0.2) is 206 Å². The molecule has 2 heterocycles. The predicted molar refractivity (Wildman–Crippen MR) is 261 cm³/mol. The van der Waals surface area contributed by atoms with E-state index in [1.807, 2.05) is 17.4 Å². The second-order valence-electron chi connectivity index (χ2n) is 16.1. The van der Waals surface area contributed by atoms with Crippen molar-refractivity contribution in [3.63, 3.8) is 0 Å². The Kier molecular flexibility index (Phi) is 7.51. The summed E-state index contributed by atoms with van der Waals surface area (Å²) in [4.78, 5) is 11.7. The number of aromatic nitrogens is 2. The Bertz CT molecular complexity index is 3840. The molecule has 11 aromatic carbocycles. The fourth-order valence-corrected chi connectivity index (χ4v) is 10.8. The smallest absolute Gasteiger partial charge is 0.160 e. The summed E-state index contributed by atoms with van der Waals surface area (Å²) in [6, 6.07) is 75.3. The maximum Gasteiger partial charge on any atom is 0.160 e. The molecule has 282 valence electrons. The van der Waals surface area contributed by atoms with Gasteiger partial charge in [-0.1, -0.05) is 164 Å². The SMILES string of the molecule is c1ccc(-c2nc(-c3cccc(-c4cc5ccc6cccc7c8cccc9ccc%10cccc(c(c4)c5c67)c%10c98)c3)cc(-c3cccc(-c4cc5ccccc5s4)c3)n2)cc1. The van der Waals surface area contributed by atoms with Crippen LogP contribution < -0.4 is 0 Å². The second-order valence-corrected chi connectivity index (χ2v) is 17.2. The highest BCUT2D eigenvalue weighted by atomic mass is 32.1. The van der Waals surface area contributed by atoms with Gasteiger partial charge in [-0.2, -0.15) is 0 Å². The molecule has 0 fully saturated rings. The van der Waals surface area contributed by atoms with Gasteiger partial charge in [0.05, 0.1) is 11.4 Å². The molecule has 2 aromatic heterocycles. The van der Waals surface area contributed by atoms with Crippen molar-refractivity contribution >= 4 is 86.1 Å². The molecular weight excluding hydrogens is 757 g/mol. The summed E-state index contributed by atoms with van der Waals surface area (Å²) in [7, 11) is 0. The van der Waals surface area contributed by atoms with Crippen molar-refractivity contribution in [2.45, 2.75) is 0 Å². The van der Waals surface area contributed by atoms with Crippen molar-refractivity contribution in [3.8, 4) is 55.5 Å². The minimum Gasteiger partial charge on any atom is -0.228 e. The van der Waals surface area contributed by atoms with E-state index in [0.717, 1.165) is 33.6 Å². The van der Waals surface area contributed by atoms with E-state index in [0.29, 0.717) is 5.82 Å². The van der Waals surface area contributed by atoms with E-state index in [1.165, 1.54) is 90.7 Å². The van der Waals surface area contributed by atoms with Gasteiger partial charge in [0.15, 0.2) is 5.82 Å². The van der Waals surface area contributed by atoms with Crippen molar-refractivity contribution in [2.24, 2.45) is 0 Å². The fraction of sp³-hybridized carbons (Fsp3) is 0. The first-order valence-corrected chi connectivity index (χ1v) is 21.6. The van der Waals surface area contributed by atoms with Crippen LogP contribution in [0.25, 0.3) is 130 Å². The third-order valence-corrected chi connectivity index (χ3v) is 13.7. The lowest BCUT2D eigenvalue weighted by molar-refractivity contribution is 1.18. The minimum atomic E-state index is 0.707. The molecule has 0 saturated heterocycles. The second kappa shape index (κ2) is 13.4. The van der Waals surface area contributed by atoms with Crippen molar-refractivity contribution in [1.82, 2.24) is 9.97 Å². The highest BCUT2D eigenvalue weighted by molar-refractivity contribution is 7.22. The minimum absolute atomic E-state index is 0.707. The van der Waals surface area contributed by atoms with Crippen LogP contribution in [-0.2, 0) is 0 Å². The quantitative estimate of drug-likeness (QED) is 0.162. The highest BCUT2D eigenvalue weighted by Crippen LogP contribution is 2.45. The van der Waals surface area contributed by atoms with Gasteiger partial charge in [0.25, 0.3) is 0 Å². The molecule has 0 aliphatic rings. The van der Waals surface area contributed by atoms with Crippen LogP contribution >= 0.6 is 11.3 Å². The summed E-state index contributed by atoms with van der Waals surface area (Å²) in [5.74, 6) is 0.707. The Hall–Kier alpha value is -7.72. The zero-order valence-electron chi connectivity index (χ0n) is 32.9. The normalized spacial score (nSPS) is 11.9. The van der Waals surface area contributed by atoms with E-state index in [1.54, 1.807) is 0 Å². The number of benzene rings is 10. The molecule has 0 amide bonds. The van der Waals surface area contributed by atoms with Crippen LogP contribution in [0.1, 0.15) is 0 Å². The number of nitrogens with zero attached hydrogens (tertiary/aromatic N) is 2. The van der Waals surface area contributed by atoms with Crippen LogP contribution in [-0.4, -0.2) is 9.97 Å². The maximum absolute atomic E-state index is 5.25. The average Bonchev–Trinajstić information content (AvgIpc) is 3.77. The molecule has 0 saturated carbocycles. The third-order valence-electron chi connectivity index (χ3n) is 12.5. The lowest BCUT2D eigenvalue weighted by Gasteiger charge is -2.17. The first-order chi connectivity index (χ1) is 30.2. The Morgan fingerprint density at radius 1 is 0.279 bits per heavy atom. The Labute approximate surface area is 356 Å². The molecule has 0 radical (unpaired) electrons. The Morgan fingerprint density at radius 3 is 1.43 bits per heavy atom. The largest absolute Gasteiger partial charge is 0.228 e. The zero-order chi connectivity index (χ0) is 40.0. The van der Waals surface area contributed by atoms with Crippen LogP contribution in [0, 0.1) is 0 Å². The summed E-state index contributed by atoms with van der Waals surface area (Å²) in [5.41, 5.74) is 8.37. The van der Waals surface area contributed by atoms with Gasteiger partial charge < -0.3 is 0 Å². The predicted octanol–water partition coefficient (Wildman–Crippen LogP) is 16.4. The molecule has 13 aromatic rings. The lowest BCUT2D eigenvalue weighted by atomic mass is 9.86. The van der Waals surface area contributed by atoms with E-state index in [4.69, 9.17) is 9.97 Å². The van der Waals surface area contributed by atoms with Crippen molar-refractivity contribution in [3.05, 3.63) is 206 Å². The molecular formula is C58H34N2S. The van der Waals surface area contributed by atoms with Crippen LogP contribution in [0.4, 0.5) is 0 Å². The van der Waals surface area contributed by atoms with Crippen LogP contribution in [0.2, 0.25) is 0 Å². The third kappa shape index (κ3) is 5.48. The van der Waals surface area contributed by atoms with E-state index in [9.17, 15) is 0 Å². The van der Waals surface area contributed by atoms with Gasteiger partial charge in [-0.15, -0.1) is 11.3 Å². The fourth-order valence-electron chi connectivity index (χ4n) is 9.72. The van der Waals surface area contributed by atoms with Crippen LogP contribution in [0.3, 0.4) is 0 Å². The van der Waals surface area contributed by atoms with Crippen molar-refractivity contribution in [1.29, 1.82) is 0 Å². The summed E-state index contributed by atoms with van der Waals surface area (Å²) in [6.07, 6.45) is 0. The first kappa shape index (κ1) is 34.2. The van der Waals surface area contributed by atoms with Crippen molar-refractivity contribution in [2.75, 3.05) is 0 Å². The standard InChI is InChI=1S/C58H34N2S/c1-2-11-38(12-3-1)58-59-50(34-51(60-58)41-19-7-20-42(30-41)53-33-43-13-4-5-24-52(43)61-53)40-18-6-17-39(29-40)45-31-44-28-27-37-15-9-22-47-46-21-8-14-35-25-26-36-16-10-23-48(56(36)54(35)46)49(32-45)57(44)55(37)47/h1-34H. The molecule has 0 N–H and O–H groups in total. The lowest BCUT2D eigenvalue weighted by Crippen LogP contribution is -1.96. The Balaban J connectivity index is 1.02. The van der Waals surface area contributed by atoms with E-state index >= 15 is 0 Å². The molecule has 0 unspecified atom stereocenters. The molecule has 0 spiro atoms. The number of thiophene rings is 1. The number of fused-ring (bicyclic) bond motifs is 3. The van der Waals surface area contributed by atoms with Gasteiger partial charge in [-0.05, 0) is 129 Å². The zero-order valence-corrected chi connectivity index (χ0v) is 33.7. The van der Waals surface area contributed by atoms with Crippen LogP contribution in [0.5, 0.6) is 0 Å². The van der Waals surface area contributed by atoms with Crippen molar-refractivity contribution < 1.29 is 0 Å². The molecule has 0 aliphatic heterocycles. The summed E-state index contributed by atoms with van der Waals surface area (Å²) >= 11 is 1.82. The first-order valence-electron chi connectivity index (χ1n) is 20.8. The number of rotatable bonds is 5. The Morgan fingerprint density at radius 2 is 0.770 bits per heavy atom. The van der Waals surface area contributed by atoms with Gasteiger partial charge in [-0.25, -0.2) is 9.97 Å². The molecule has 0 atom stereocenters. The number of hydrogen-bond acceptors (Lipinski definition) is 3.